The lowest BCUT2D eigenvalue weighted by Gasteiger charge is -2.13. The summed E-state index contributed by atoms with van der Waals surface area (Å²) in [4.78, 5) is 36.9. The number of thioether (sulfide) groups is 2. The summed E-state index contributed by atoms with van der Waals surface area (Å²) < 4.78 is 21.4. The molecule has 0 spiro atoms. The molecule has 0 aliphatic rings. The Morgan fingerprint density at radius 2 is 1.18 bits per heavy atom. The molecular weight excluding hydrogens is 663 g/mol. The van der Waals surface area contributed by atoms with E-state index in [-0.39, 0.29) is 42.1 Å². The van der Waals surface area contributed by atoms with Crippen LogP contribution in [0.4, 0.5) is 0 Å². The average Bonchev–Trinajstić information content (AvgIpc) is 3.01. The van der Waals surface area contributed by atoms with Crippen molar-refractivity contribution in [3.8, 4) is 23.0 Å². The van der Waals surface area contributed by atoms with E-state index in [0.717, 1.165) is 17.6 Å². The fraction of sp³-hybridized carbons (Fsp3) is 0.323. The van der Waals surface area contributed by atoms with Crippen LogP contribution in [0.2, 0.25) is 0 Å². The van der Waals surface area contributed by atoms with Gasteiger partial charge in [0.15, 0.2) is 28.8 Å². The molecule has 0 unspecified atom stereocenters. The summed E-state index contributed by atoms with van der Waals surface area (Å²) in [6.45, 7) is 0. The van der Waals surface area contributed by atoms with E-state index in [1.54, 1.807) is 66.0 Å². The van der Waals surface area contributed by atoms with E-state index in [9.17, 15) is 19.5 Å². The van der Waals surface area contributed by atoms with Crippen molar-refractivity contribution >= 4 is 78.2 Å². The molecular formula is C31H40Cl2N2O8S2. The molecule has 0 fully saturated rings. The topological polar surface area (TPSA) is 160 Å². The Morgan fingerprint density at radius 3 is 1.58 bits per heavy atom. The highest BCUT2D eigenvalue weighted by atomic mass is 35.5. The summed E-state index contributed by atoms with van der Waals surface area (Å²) in [5, 5.41) is 10.2. The number of hydrogen-bond donors (Lipinski definition) is 3. The van der Waals surface area contributed by atoms with Gasteiger partial charge in [-0.1, -0.05) is 24.3 Å². The zero-order valence-electron chi connectivity index (χ0n) is 25.4. The van der Waals surface area contributed by atoms with Crippen molar-refractivity contribution in [1.29, 1.82) is 0 Å². The van der Waals surface area contributed by atoms with Gasteiger partial charge < -0.3 is 35.5 Å². The highest BCUT2D eigenvalue weighted by Crippen LogP contribution is 2.30. The normalized spacial score (nSPS) is 12.5. The first-order valence-electron chi connectivity index (χ1n) is 13.2. The molecule has 0 radical (unpaired) electrons. The number of ketones is 1. The van der Waals surface area contributed by atoms with Crippen LogP contribution in [0.3, 0.4) is 0 Å². The maximum atomic E-state index is 12.4. The summed E-state index contributed by atoms with van der Waals surface area (Å²) in [7, 11) is 2.88. The van der Waals surface area contributed by atoms with E-state index < -0.39 is 29.8 Å². The molecule has 2 aromatic rings. The van der Waals surface area contributed by atoms with E-state index in [1.165, 1.54) is 32.4 Å². The number of allylic oxidation sites excluding steroid dienone is 3. The molecule has 0 bridgehead atoms. The molecule has 0 amide bonds. The second-order valence-corrected chi connectivity index (χ2v) is 11.0. The molecule has 0 aromatic heterocycles. The second-order valence-electron chi connectivity index (χ2n) is 9.08. The molecule has 5 N–H and O–H groups in total. The number of benzene rings is 2. The number of nitrogens with two attached hydrogens (primary N) is 2. The lowest BCUT2D eigenvalue weighted by atomic mass is 10.1. The maximum Gasteiger partial charge on any atom is 0.328 e. The second kappa shape index (κ2) is 22.4. The highest BCUT2D eigenvalue weighted by molar-refractivity contribution is 7.98. The van der Waals surface area contributed by atoms with Crippen LogP contribution in [0, 0.1) is 0 Å². The monoisotopic (exact) mass is 702 g/mol. The Hall–Kier alpha value is -3.13. The van der Waals surface area contributed by atoms with Gasteiger partial charge in [0.05, 0.1) is 14.2 Å². The van der Waals surface area contributed by atoms with Crippen LogP contribution in [0.1, 0.15) is 24.0 Å². The van der Waals surface area contributed by atoms with Gasteiger partial charge in [-0.15, -0.1) is 24.8 Å². The van der Waals surface area contributed by atoms with Gasteiger partial charge in [0.2, 0.25) is 0 Å². The standard InChI is InChI=1S/C31H38N2O8S2.2ClH/c1-38-28-17-20(7-11-26(28)40-30(36)24(32)13-15-42-3)5-9-22(34)19-23(35)10-6-21-8-12-27(29(18-21)39-2)41-31(37)25(33)14-16-43-4;;/h5-12,17-19,24-25,34H,13-16,32-33H2,1-4H3;2*1H/b9-5+,10-6+,22-19-;;/t24-,25-;;/m1../s1. The first kappa shape index (κ1) is 41.9. The SMILES string of the molecule is COc1cc(/C=C/C(=O)/C=C(O)/C=C/c2ccc(OC(=O)[C@H](N)CCSC)c(OC)c2)ccc1OC(=O)[C@H](N)CCSC.Cl.Cl. The summed E-state index contributed by atoms with van der Waals surface area (Å²) in [6, 6.07) is 8.17. The van der Waals surface area contributed by atoms with E-state index >= 15 is 0 Å². The fourth-order valence-corrected chi connectivity index (χ4v) is 4.42. The smallest absolute Gasteiger partial charge is 0.328 e. The number of halogens is 2. The van der Waals surface area contributed by atoms with Crippen molar-refractivity contribution in [3.05, 3.63) is 71.5 Å². The van der Waals surface area contributed by atoms with Gasteiger partial charge in [-0.3, -0.25) is 4.79 Å². The molecule has 14 heteroatoms. The third-order valence-electron chi connectivity index (χ3n) is 5.84. The van der Waals surface area contributed by atoms with Gasteiger partial charge in [0.25, 0.3) is 0 Å². The predicted molar refractivity (Wildman–Crippen MR) is 187 cm³/mol. The Balaban J connectivity index is 0.00000968. The molecule has 0 aliphatic heterocycles. The van der Waals surface area contributed by atoms with E-state index in [1.807, 2.05) is 12.5 Å². The molecule has 0 heterocycles. The van der Waals surface area contributed by atoms with Gasteiger partial charge in [0.1, 0.15) is 17.8 Å². The predicted octanol–water partition coefficient (Wildman–Crippen LogP) is 5.26. The van der Waals surface area contributed by atoms with Crippen LogP contribution in [-0.2, 0) is 14.4 Å². The van der Waals surface area contributed by atoms with Gasteiger partial charge in [0, 0.05) is 6.08 Å². The summed E-state index contributed by atoms with van der Waals surface area (Å²) in [6.07, 6.45) is 11.6. The molecule has 0 saturated heterocycles. The van der Waals surface area contributed by atoms with E-state index in [4.69, 9.17) is 30.4 Å². The number of esters is 2. The first-order valence-corrected chi connectivity index (χ1v) is 16.0. The van der Waals surface area contributed by atoms with E-state index in [2.05, 4.69) is 0 Å². The number of methoxy groups -OCH3 is 2. The number of hydrogen-bond acceptors (Lipinski definition) is 12. The van der Waals surface area contributed by atoms with Crippen molar-refractivity contribution < 1.29 is 38.4 Å². The minimum atomic E-state index is -0.743. The van der Waals surface area contributed by atoms with Crippen LogP contribution < -0.4 is 30.4 Å². The minimum Gasteiger partial charge on any atom is -0.508 e. The van der Waals surface area contributed by atoms with Crippen LogP contribution in [0.5, 0.6) is 23.0 Å². The quantitative estimate of drug-likeness (QED) is 0.0646. The third kappa shape index (κ3) is 14.7. The van der Waals surface area contributed by atoms with Crippen molar-refractivity contribution in [2.75, 3.05) is 38.2 Å². The van der Waals surface area contributed by atoms with Gasteiger partial charge in [-0.2, -0.15) is 23.5 Å². The maximum absolute atomic E-state index is 12.4. The number of carbonyl (C=O) groups is 3. The van der Waals surface area contributed by atoms with Crippen molar-refractivity contribution in [3.63, 3.8) is 0 Å². The van der Waals surface area contributed by atoms with Crippen LogP contribution in [0.15, 0.2) is 60.4 Å². The van der Waals surface area contributed by atoms with Crippen LogP contribution in [-0.4, -0.2) is 73.1 Å². The molecule has 2 aromatic carbocycles. The minimum absolute atomic E-state index is 0. The van der Waals surface area contributed by atoms with Gasteiger partial charge >= 0.3 is 11.9 Å². The van der Waals surface area contributed by atoms with Crippen molar-refractivity contribution in [2.45, 2.75) is 24.9 Å². The molecule has 45 heavy (non-hydrogen) atoms. The number of carbonyl (C=O) groups excluding carboxylic acids is 3. The largest absolute Gasteiger partial charge is 0.508 e. The molecule has 0 aliphatic carbocycles. The van der Waals surface area contributed by atoms with Crippen molar-refractivity contribution in [1.82, 2.24) is 0 Å². The Bertz CT molecular complexity index is 1350. The summed E-state index contributed by atoms with van der Waals surface area (Å²) >= 11 is 3.18. The lowest BCUT2D eigenvalue weighted by molar-refractivity contribution is -0.136. The van der Waals surface area contributed by atoms with E-state index in [0.29, 0.717) is 35.5 Å². The number of aliphatic hydroxyl groups excluding tert-OH is 1. The molecule has 248 valence electrons. The average molecular weight is 704 g/mol. The summed E-state index contributed by atoms with van der Waals surface area (Å²) in [5.74, 6) is 0.678. The molecule has 10 nitrogen and oxygen atoms in total. The van der Waals surface area contributed by atoms with Crippen LogP contribution in [0.25, 0.3) is 12.2 Å². The van der Waals surface area contributed by atoms with Crippen LogP contribution >= 0.6 is 48.3 Å². The number of aliphatic hydroxyl groups is 1. The zero-order valence-corrected chi connectivity index (χ0v) is 28.7. The number of ether oxygens (including phenoxy) is 4. The highest BCUT2D eigenvalue weighted by Gasteiger charge is 2.19. The molecule has 2 rings (SSSR count). The third-order valence-corrected chi connectivity index (χ3v) is 7.13. The van der Waals surface area contributed by atoms with Crippen molar-refractivity contribution in [2.24, 2.45) is 11.5 Å². The zero-order chi connectivity index (χ0) is 31.8. The summed E-state index contributed by atoms with van der Waals surface area (Å²) in [5.41, 5.74) is 13.0. The Labute approximate surface area is 284 Å². The lowest BCUT2D eigenvalue weighted by Crippen LogP contribution is -2.34. The number of rotatable bonds is 17. The first-order chi connectivity index (χ1) is 20.6. The van der Waals surface area contributed by atoms with Gasteiger partial charge in [-0.25, -0.2) is 9.59 Å². The van der Waals surface area contributed by atoms with Gasteiger partial charge in [-0.05, 0) is 84.4 Å². The Kier molecular flexibility index (Phi) is 20.8. The molecule has 0 saturated carbocycles. The fourth-order valence-electron chi connectivity index (χ4n) is 3.44. The Morgan fingerprint density at radius 1 is 0.756 bits per heavy atom. The molecule has 2 atom stereocenters.